The van der Waals surface area contributed by atoms with Crippen LogP contribution in [0.5, 0.6) is 0 Å². The smallest absolute Gasteiger partial charge is 0.306 e. The summed E-state index contributed by atoms with van der Waals surface area (Å²) < 4.78 is 17.7. The van der Waals surface area contributed by atoms with Crippen molar-refractivity contribution in [2.24, 2.45) is 0 Å². The highest BCUT2D eigenvalue weighted by atomic mass is 16.7. The van der Waals surface area contributed by atoms with E-state index in [1.165, 1.54) is 218 Å². The van der Waals surface area contributed by atoms with Crippen molar-refractivity contribution >= 4 is 11.9 Å². The third-order valence-corrected chi connectivity index (χ3v) is 17.1. The molecule has 0 aromatic carbocycles. The first-order valence-corrected chi connectivity index (χ1v) is 36.6. The van der Waals surface area contributed by atoms with Crippen LogP contribution >= 0.6 is 0 Å². The summed E-state index contributed by atoms with van der Waals surface area (Å²) in [5.41, 5.74) is 0. The minimum atomic E-state index is -1.62. The summed E-state index contributed by atoms with van der Waals surface area (Å²) in [6.45, 7) is 5.80. The molecule has 0 aromatic heterocycles. The van der Waals surface area contributed by atoms with Crippen molar-refractivity contribution < 1.29 is 49.3 Å². The standard InChI is InChI=1S/C75H137NO10/c1-4-7-10-13-16-19-22-25-27-29-31-32-33-34-35-36-37-38-39-41-43-45-48-51-54-57-60-63-70(80)86-73-72(82)71(81)69(64-77)85-75(73)84-65-66(67(78)61-58-55-52-49-46-24-21-18-15-12-9-6-3)76-74(83)68(79)62-59-56-53-50-47-44-42-40-30-28-26-23-20-17-14-11-8-5-2/h16,19,25-28,31-32,58,61,66-69,71-73,75,77-79,81-82H,4-15,17-18,20-24,29-30,33-57,59-60,62-65H2,1-3H3,(H,76,83)/b19-16-,27-25-,28-26+,32-31-,61-58+. The van der Waals surface area contributed by atoms with Crippen LogP contribution in [0.25, 0.3) is 0 Å². The molecule has 0 radical (unpaired) electrons. The minimum Gasteiger partial charge on any atom is -0.454 e. The average Bonchev–Trinajstić information content (AvgIpc) is 2.65. The predicted molar refractivity (Wildman–Crippen MR) is 361 cm³/mol. The molecule has 1 fully saturated rings. The predicted octanol–water partition coefficient (Wildman–Crippen LogP) is 18.9. The normalized spacial score (nSPS) is 18.6. The molecule has 0 aliphatic carbocycles. The number of rotatable bonds is 63. The summed E-state index contributed by atoms with van der Waals surface area (Å²) in [5, 5.41) is 57.3. The number of carbonyl (C=O) groups is 2. The maximum Gasteiger partial charge on any atom is 0.306 e. The molecule has 8 atom stereocenters. The lowest BCUT2D eigenvalue weighted by atomic mass is 9.99. The van der Waals surface area contributed by atoms with E-state index in [4.69, 9.17) is 14.2 Å². The van der Waals surface area contributed by atoms with Gasteiger partial charge in [0.2, 0.25) is 5.91 Å². The van der Waals surface area contributed by atoms with Gasteiger partial charge in [0, 0.05) is 6.42 Å². The van der Waals surface area contributed by atoms with E-state index in [0.717, 1.165) is 77.0 Å². The Morgan fingerprint density at radius 2 is 0.802 bits per heavy atom. The number of esters is 1. The van der Waals surface area contributed by atoms with Crippen molar-refractivity contribution in [2.45, 2.75) is 391 Å². The van der Waals surface area contributed by atoms with Gasteiger partial charge in [0.05, 0.1) is 25.4 Å². The Hall–Kier alpha value is -2.64. The summed E-state index contributed by atoms with van der Waals surface area (Å²) in [6.07, 6.45) is 69.8. The molecule has 1 aliphatic rings. The van der Waals surface area contributed by atoms with E-state index in [0.29, 0.717) is 12.8 Å². The molecule has 0 saturated carbocycles. The first kappa shape index (κ1) is 81.4. The maximum atomic E-state index is 13.5. The van der Waals surface area contributed by atoms with Gasteiger partial charge in [0.15, 0.2) is 12.4 Å². The molecule has 6 N–H and O–H groups in total. The van der Waals surface area contributed by atoms with Crippen molar-refractivity contribution in [3.63, 3.8) is 0 Å². The van der Waals surface area contributed by atoms with Crippen LogP contribution in [-0.2, 0) is 23.8 Å². The number of aliphatic hydroxyl groups is 5. The Morgan fingerprint density at radius 3 is 1.23 bits per heavy atom. The van der Waals surface area contributed by atoms with Crippen LogP contribution in [0.15, 0.2) is 60.8 Å². The van der Waals surface area contributed by atoms with Gasteiger partial charge in [-0.05, 0) is 89.9 Å². The van der Waals surface area contributed by atoms with Crippen LogP contribution in [0.1, 0.15) is 342 Å². The van der Waals surface area contributed by atoms with Gasteiger partial charge in [-0.15, -0.1) is 0 Å². The van der Waals surface area contributed by atoms with E-state index in [-0.39, 0.29) is 19.4 Å². The van der Waals surface area contributed by atoms with Crippen molar-refractivity contribution in [3.8, 4) is 0 Å². The second-order valence-corrected chi connectivity index (χ2v) is 25.3. The van der Waals surface area contributed by atoms with Crippen LogP contribution in [0.2, 0.25) is 0 Å². The number of hydrogen-bond acceptors (Lipinski definition) is 10. The molecule has 0 spiro atoms. The molecule has 1 rings (SSSR count). The quantitative estimate of drug-likeness (QED) is 0.0195. The van der Waals surface area contributed by atoms with Crippen LogP contribution in [0.4, 0.5) is 0 Å². The fourth-order valence-electron chi connectivity index (χ4n) is 11.4. The van der Waals surface area contributed by atoms with Crippen LogP contribution in [-0.4, -0.2) is 99.6 Å². The van der Waals surface area contributed by atoms with Gasteiger partial charge in [-0.3, -0.25) is 9.59 Å². The number of nitrogens with one attached hydrogen (secondary N) is 1. The number of aliphatic hydroxyl groups excluding tert-OH is 5. The second-order valence-electron chi connectivity index (χ2n) is 25.3. The van der Waals surface area contributed by atoms with Gasteiger partial charge in [-0.1, -0.05) is 306 Å². The first-order chi connectivity index (χ1) is 42.2. The number of unbranched alkanes of at least 4 members (excludes halogenated alkanes) is 41. The number of carbonyl (C=O) groups excluding carboxylic acids is 2. The summed E-state index contributed by atoms with van der Waals surface area (Å²) in [7, 11) is 0. The number of allylic oxidation sites excluding steroid dienone is 9. The fourth-order valence-corrected chi connectivity index (χ4v) is 11.4. The molecule has 8 unspecified atom stereocenters. The average molecular weight is 1210 g/mol. The Balaban J connectivity index is 2.53. The van der Waals surface area contributed by atoms with Crippen molar-refractivity contribution in [3.05, 3.63) is 60.8 Å². The molecule has 1 heterocycles. The molecular weight excluding hydrogens is 1070 g/mol. The fraction of sp³-hybridized carbons (Fsp3) is 0.840. The molecule has 86 heavy (non-hydrogen) atoms. The van der Waals surface area contributed by atoms with Gasteiger partial charge in [0.1, 0.15) is 24.4 Å². The Labute approximate surface area is 528 Å². The van der Waals surface area contributed by atoms with E-state index >= 15 is 0 Å². The number of hydrogen-bond donors (Lipinski definition) is 6. The van der Waals surface area contributed by atoms with Crippen molar-refractivity contribution in [2.75, 3.05) is 13.2 Å². The Kier molecular flexibility index (Phi) is 59.2. The molecule has 1 aliphatic heterocycles. The topological polar surface area (TPSA) is 175 Å². The molecule has 11 heteroatoms. The molecule has 11 nitrogen and oxygen atoms in total. The highest BCUT2D eigenvalue weighted by Crippen LogP contribution is 2.26. The molecule has 1 amide bonds. The zero-order valence-electron chi connectivity index (χ0n) is 55.9. The molecule has 0 aromatic rings. The highest BCUT2D eigenvalue weighted by Gasteiger charge is 2.47. The Bertz CT molecular complexity index is 1630. The second kappa shape index (κ2) is 62.5. The van der Waals surface area contributed by atoms with Crippen molar-refractivity contribution in [1.82, 2.24) is 5.32 Å². The third kappa shape index (κ3) is 49.2. The molecule has 1 saturated heterocycles. The zero-order valence-corrected chi connectivity index (χ0v) is 55.9. The Morgan fingerprint density at radius 1 is 0.453 bits per heavy atom. The molecular formula is C75H137NO10. The monoisotopic (exact) mass is 1210 g/mol. The lowest BCUT2D eigenvalue weighted by Crippen LogP contribution is -2.61. The first-order valence-electron chi connectivity index (χ1n) is 36.6. The van der Waals surface area contributed by atoms with Gasteiger partial charge in [-0.2, -0.15) is 0 Å². The van der Waals surface area contributed by atoms with Crippen LogP contribution in [0.3, 0.4) is 0 Å². The lowest BCUT2D eigenvalue weighted by Gasteiger charge is -2.41. The highest BCUT2D eigenvalue weighted by molar-refractivity contribution is 5.80. The number of amides is 1. The SMILES string of the molecule is CCCCC/C=C\C/C=C\C/C=C\CCCCCCCCCCCCCCCCC(=O)OC1C(OCC(NC(=O)C(O)CCCCCCCCCC/C=C/CCCCCCCC)C(O)/C=C/CCCCCCCCCCCC)OC(CO)C(O)C1O. The van der Waals surface area contributed by atoms with E-state index in [9.17, 15) is 35.1 Å². The summed E-state index contributed by atoms with van der Waals surface area (Å²) in [5.74, 6) is -1.19. The maximum absolute atomic E-state index is 13.5. The van der Waals surface area contributed by atoms with E-state index in [2.05, 4.69) is 74.7 Å². The molecule has 0 bridgehead atoms. The summed E-state index contributed by atoms with van der Waals surface area (Å²) in [4.78, 5) is 26.7. The lowest BCUT2D eigenvalue weighted by molar-refractivity contribution is -0.305. The van der Waals surface area contributed by atoms with Gasteiger partial charge < -0.3 is 45.1 Å². The summed E-state index contributed by atoms with van der Waals surface area (Å²) >= 11 is 0. The minimum absolute atomic E-state index is 0.123. The van der Waals surface area contributed by atoms with Crippen molar-refractivity contribution in [1.29, 1.82) is 0 Å². The van der Waals surface area contributed by atoms with Crippen LogP contribution in [0, 0.1) is 0 Å². The summed E-state index contributed by atoms with van der Waals surface area (Å²) in [6, 6.07) is -1.03. The third-order valence-electron chi connectivity index (χ3n) is 17.1. The number of ether oxygens (including phenoxy) is 3. The van der Waals surface area contributed by atoms with Crippen LogP contribution < -0.4 is 5.32 Å². The van der Waals surface area contributed by atoms with Gasteiger partial charge in [0.25, 0.3) is 0 Å². The van der Waals surface area contributed by atoms with E-state index < -0.39 is 67.4 Å². The van der Waals surface area contributed by atoms with Gasteiger partial charge in [-0.25, -0.2) is 0 Å². The van der Waals surface area contributed by atoms with E-state index in [1.807, 2.05) is 6.08 Å². The van der Waals surface area contributed by atoms with Gasteiger partial charge >= 0.3 is 5.97 Å². The van der Waals surface area contributed by atoms with E-state index in [1.54, 1.807) is 6.08 Å². The molecule has 502 valence electrons. The largest absolute Gasteiger partial charge is 0.454 e. The zero-order chi connectivity index (χ0) is 62.4.